The van der Waals surface area contributed by atoms with Crippen LogP contribution in [0.15, 0.2) is 66.7 Å². The number of aryl methyl sites for hydroxylation is 1. The summed E-state index contributed by atoms with van der Waals surface area (Å²) in [5.74, 6) is 1.75. The molecule has 0 aliphatic carbocycles. The van der Waals surface area contributed by atoms with E-state index in [1.807, 2.05) is 49.4 Å². The summed E-state index contributed by atoms with van der Waals surface area (Å²) in [6.45, 7) is 1.98. The first-order valence-electron chi connectivity index (χ1n) is 10.4. The Bertz CT molecular complexity index is 1170. The van der Waals surface area contributed by atoms with E-state index in [0.717, 1.165) is 16.8 Å². The number of thioether (sulfide) groups is 1. The molecule has 3 amide bonds. The maximum atomic E-state index is 12.8. The Kier molecular flexibility index (Phi) is 6.74. The van der Waals surface area contributed by atoms with E-state index >= 15 is 0 Å². The average Bonchev–Trinajstić information content (AvgIpc) is 3.21. The highest BCUT2D eigenvalue weighted by molar-refractivity contribution is 8.00. The fourth-order valence-electron chi connectivity index (χ4n) is 3.66. The maximum absolute atomic E-state index is 12.8. The van der Waals surface area contributed by atoms with Gasteiger partial charge in [-0.15, -0.1) is 11.8 Å². The van der Waals surface area contributed by atoms with Crippen LogP contribution in [-0.2, 0) is 4.79 Å². The number of carbonyl (C=O) groups is 2. The number of hydrogen-bond donors (Lipinski definition) is 2. The van der Waals surface area contributed by atoms with Gasteiger partial charge in [0.2, 0.25) is 5.91 Å². The minimum atomic E-state index is -0.357. The van der Waals surface area contributed by atoms with Gasteiger partial charge in [0.1, 0.15) is 16.9 Å². The predicted octanol–water partition coefficient (Wildman–Crippen LogP) is 5.43. The first-order valence-corrected chi connectivity index (χ1v) is 11.4. The van der Waals surface area contributed by atoms with Gasteiger partial charge in [-0.3, -0.25) is 9.69 Å². The Morgan fingerprint density at radius 3 is 2.45 bits per heavy atom. The molecule has 1 heterocycles. The van der Waals surface area contributed by atoms with Crippen LogP contribution in [0, 0.1) is 6.92 Å². The number of anilines is 3. The topological polar surface area (TPSA) is 79.9 Å². The van der Waals surface area contributed by atoms with E-state index in [1.165, 1.54) is 0 Å². The van der Waals surface area contributed by atoms with E-state index in [1.54, 1.807) is 55.1 Å². The fraction of sp³-hybridized carbons (Fsp3) is 0.200. The van der Waals surface area contributed by atoms with Crippen molar-refractivity contribution < 1.29 is 19.1 Å². The molecular weight excluding hydrogens is 438 g/mol. The molecule has 4 rings (SSSR count). The van der Waals surface area contributed by atoms with Crippen LogP contribution in [0.3, 0.4) is 0 Å². The number of carbonyl (C=O) groups excluding carboxylic acids is 2. The minimum Gasteiger partial charge on any atom is -0.497 e. The van der Waals surface area contributed by atoms with Gasteiger partial charge in [-0.25, -0.2) is 4.79 Å². The van der Waals surface area contributed by atoms with E-state index in [4.69, 9.17) is 9.47 Å². The highest BCUT2D eigenvalue weighted by Gasteiger charge is 2.35. The molecule has 1 fully saturated rings. The van der Waals surface area contributed by atoms with Crippen LogP contribution in [0.2, 0.25) is 0 Å². The minimum absolute atomic E-state index is 0.0181. The summed E-state index contributed by atoms with van der Waals surface area (Å²) in [6, 6.07) is 20.0. The third-order valence-electron chi connectivity index (χ3n) is 5.24. The zero-order valence-corrected chi connectivity index (χ0v) is 19.4. The molecule has 1 aliphatic heterocycles. The zero-order chi connectivity index (χ0) is 23.4. The molecule has 2 N–H and O–H groups in total. The number of urea groups is 1. The van der Waals surface area contributed by atoms with E-state index < -0.39 is 0 Å². The second-order valence-electron chi connectivity index (χ2n) is 7.54. The van der Waals surface area contributed by atoms with Crippen molar-refractivity contribution in [2.45, 2.75) is 12.3 Å². The molecule has 33 heavy (non-hydrogen) atoms. The summed E-state index contributed by atoms with van der Waals surface area (Å²) in [7, 11) is 3.19. The van der Waals surface area contributed by atoms with Crippen molar-refractivity contribution in [1.82, 2.24) is 0 Å². The summed E-state index contributed by atoms with van der Waals surface area (Å²) < 4.78 is 10.7. The molecule has 0 saturated carbocycles. The summed E-state index contributed by atoms with van der Waals surface area (Å²) in [5.41, 5.74) is 3.98. The van der Waals surface area contributed by atoms with E-state index in [2.05, 4.69) is 10.6 Å². The molecular formula is C25H25N3O4S. The molecule has 3 aromatic rings. The monoisotopic (exact) mass is 463 g/mol. The smallest absolute Gasteiger partial charge is 0.323 e. The molecule has 1 unspecified atom stereocenters. The Balaban J connectivity index is 1.53. The Morgan fingerprint density at radius 2 is 1.73 bits per heavy atom. The van der Waals surface area contributed by atoms with Crippen LogP contribution >= 0.6 is 11.8 Å². The third kappa shape index (κ3) is 5.06. The number of methoxy groups -OCH3 is 2. The first-order chi connectivity index (χ1) is 16.0. The highest BCUT2D eigenvalue weighted by Crippen LogP contribution is 2.45. The normalized spacial score (nSPS) is 15.3. The molecule has 0 spiro atoms. The van der Waals surface area contributed by atoms with Crippen LogP contribution in [0.5, 0.6) is 11.5 Å². The predicted molar refractivity (Wildman–Crippen MR) is 132 cm³/mol. The van der Waals surface area contributed by atoms with E-state index in [-0.39, 0.29) is 17.3 Å². The van der Waals surface area contributed by atoms with Gasteiger partial charge in [0.05, 0.1) is 25.7 Å². The van der Waals surface area contributed by atoms with Gasteiger partial charge in [0.15, 0.2) is 0 Å². The lowest BCUT2D eigenvalue weighted by atomic mass is 10.1. The van der Waals surface area contributed by atoms with Crippen molar-refractivity contribution in [2.75, 3.05) is 35.5 Å². The van der Waals surface area contributed by atoms with Crippen LogP contribution in [0.4, 0.5) is 21.9 Å². The standard InChI is InChI=1S/C25H25N3O4S/c1-16-7-12-22(32-3)21(13-16)28-23(29)15-33-24(28)17-5-4-6-19(14-17)27-25(30)26-18-8-10-20(31-2)11-9-18/h4-14,24H,15H2,1-3H3,(H2,26,27,30). The van der Waals surface area contributed by atoms with Gasteiger partial charge in [0.25, 0.3) is 0 Å². The van der Waals surface area contributed by atoms with Crippen molar-refractivity contribution in [2.24, 2.45) is 0 Å². The van der Waals surface area contributed by atoms with E-state index in [0.29, 0.717) is 28.6 Å². The number of benzene rings is 3. The van der Waals surface area contributed by atoms with Crippen molar-refractivity contribution in [1.29, 1.82) is 0 Å². The number of nitrogens with zero attached hydrogens (tertiary/aromatic N) is 1. The number of nitrogens with one attached hydrogen (secondary N) is 2. The quantitative estimate of drug-likeness (QED) is 0.509. The second kappa shape index (κ2) is 9.87. The Morgan fingerprint density at radius 1 is 0.970 bits per heavy atom. The summed E-state index contributed by atoms with van der Waals surface area (Å²) in [6.07, 6.45) is 0. The van der Waals surface area contributed by atoms with Gasteiger partial charge < -0.3 is 20.1 Å². The molecule has 1 aliphatic rings. The first kappa shape index (κ1) is 22.5. The zero-order valence-electron chi connectivity index (χ0n) is 18.6. The molecule has 1 atom stereocenters. The van der Waals surface area contributed by atoms with Gasteiger partial charge in [-0.1, -0.05) is 18.2 Å². The van der Waals surface area contributed by atoms with Crippen LogP contribution in [0.1, 0.15) is 16.5 Å². The molecule has 170 valence electrons. The fourth-order valence-corrected chi connectivity index (χ4v) is 4.82. The number of ether oxygens (including phenoxy) is 2. The second-order valence-corrected chi connectivity index (χ2v) is 8.60. The number of rotatable bonds is 6. The summed E-state index contributed by atoms with van der Waals surface area (Å²) in [5, 5.41) is 5.44. The van der Waals surface area contributed by atoms with Crippen molar-refractivity contribution >= 4 is 40.8 Å². The molecule has 0 aromatic heterocycles. The molecule has 1 saturated heterocycles. The van der Waals surface area contributed by atoms with Crippen molar-refractivity contribution in [3.05, 3.63) is 77.9 Å². The van der Waals surface area contributed by atoms with Crippen molar-refractivity contribution in [3.8, 4) is 11.5 Å². The number of amides is 3. The van der Waals surface area contributed by atoms with Gasteiger partial charge in [0, 0.05) is 11.4 Å². The lowest BCUT2D eigenvalue weighted by Gasteiger charge is -2.26. The van der Waals surface area contributed by atoms with Crippen LogP contribution in [-0.4, -0.2) is 31.9 Å². The van der Waals surface area contributed by atoms with Crippen LogP contribution < -0.4 is 25.0 Å². The molecule has 0 bridgehead atoms. The highest BCUT2D eigenvalue weighted by atomic mass is 32.2. The lowest BCUT2D eigenvalue weighted by molar-refractivity contribution is -0.115. The Labute approximate surface area is 197 Å². The summed E-state index contributed by atoms with van der Waals surface area (Å²) >= 11 is 1.55. The maximum Gasteiger partial charge on any atom is 0.323 e. The Hall–Kier alpha value is -3.65. The van der Waals surface area contributed by atoms with Gasteiger partial charge in [-0.05, 0) is 66.6 Å². The third-order valence-corrected chi connectivity index (χ3v) is 6.45. The summed E-state index contributed by atoms with van der Waals surface area (Å²) in [4.78, 5) is 27.1. The molecule has 0 radical (unpaired) electrons. The largest absolute Gasteiger partial charge is 0.497 e. The molecule has 7 nitrogen and oxygen atoms in total. The van der Waals surface area contributed by atoms with Gasteiger partial charge >= 0.3 is 6.03 Å². The van der Waals surface area contributed by atoms with E-state index in [9.17, 15) is 9.59 Å². The molecule has 8 heteroatoms. The average molecular weight is 464 g/mol. The SMILES string of the molecule is COc1ccc(NC(=O)Nc2cccc(C3SCC(=O)N3c3cc(C)ccc3OC)c2)cc1. The van der Waals surface area contributed by atoms with Crippen molar-refractivity contribution in [3.63, 3.8) is 0 Å². The lowest BCUT2D eigenvalue weighted by Crippen LogP contribution is -2.28. The van der Waals surface area contributed by atoms with Gasteiger partial charge in [-0.2, -0.15) is 0 Å². The number of hydrogen-bond acceptors (Lipinski definition) is 5. The molecule has 3 aromatic carbocycles. The van der Waals surface area contributed by atoms with Crippen LogP contribution in [0.25, 0.3) is 0 Å².